The van der Waals surface area contributed by atoms with E-state index in [1.165, 1.54) is 0 Å². The topological polar surface area (TPSA) is 80.7 Å². The van der Waals surface area contributed by atoms with Gasteiger partial charge in [0, 0.05) is 24.7 Å². The molecule has 0 heterocycles. The number of aliphatic hydroxyl groups is 1. The number of rotatable bonds is 4. The molecular weight excluding hydrogens is 439 g/mol. The monoisotopic (exact) mass is 472 g/mol. The first-order chi connectivity index (χ1) is 14.5. The van der Waals surface area contributed by atoms with Gasteiger partial charge < -0.3 is 9.84 Å². The highest BCUT2D eigenvalue weighted by atomic mass is 35.5. The Kier molecular flexibility index (Phi) is 5.84. The lowest BCUT2D eigenvalue weighted by Crippen LogP contribution is -2.70. The van der Waals surface area contributed by atoms with Gasteiger partial charge in [-0.15, -0.1) is 23.2 Å². The molecule has 7 heteroatoms. The Balaban J connectivity index is 1.77. The van der Waals surface area contributed by atoms with Crippen LogP contribution in [0.5, 0.6) is 0 Å². The number of fused-ring (bicyclic) bond motifs is 5. The van der Waals surface area contributed by atoms with Gasteiger partial charge in [-0.1, -0.05) is 20.8 Å². The zero-order chi connectivity index (χ0) is 22.8. The number of hydrogen-bond donors (Lipinski definition) is 1. The van der Waals surface area contributed by atoms with Crippen molar-refractivity contribution in [2.75, 3.05) is 5.88 Å². The molecule has 1 N–H and O–H groups in total. The second kappa shape index (κ2) is 7.70. The molecule has 0 aromatic carbocycles. The standard InChI is InChI=1S/C24H34Cl2O5/c1-4-20(30)31-23(19(29)13-25)10-8-16-17-6-5-14-11-15(27)7-9-21(14,2)24(17,26)18(28)12-22(16,23)3/h14,16-18,28H,4-13H2,1-3H3/t14-,16+,17+,18+,21+,22+,23-,24+/m1/s1. The molecule has 4 aliphatic rings. The van der Waals surface area contributed by atoms with Gasteiger partial charge in [-0.2, -0.15) is 0 Å². The molecule has 4 fully saturated rings. The van der Waals surface area contributed by atoms with E-state index in [4.69, 9.17) is 27.9 Å². The molecule has 0 aromatic rings. The first kappa shape index (κ1) is 23.5. The zero-order valence-electron chi connectivity index (χ0n) is 18.7. The van der Waals surface area contributed by atoms with E-state index < -0.39 is 28.0 Å². The number of Topliss-reactive ketones (excluding diaryl/α,β-unsaturated/α-hetero) is 2. The molecule has 4 aliphatic carbocycles. The third kappa shape index (κ3) is 2.94. The fraction of sp³-hybridized carbons (Fsp3) is 0.875. The summed E-state index contributed by atoms with van der Waals surface area (Å²) in [6, 6.07) is 0. The summed E-state index contributed by atoms with van der Waals surface area (Å²) in [5, 5.41) is 11.6. The highest BCUT2D eigenvalue weighted by Crippen LogP contribution is 2.72. The second-order valence-corrected chi connectivity index (χ2v) is 11.7. The van der Waals surface area contributed by atoms with Crippen LogP contribution in [0.15, 0.2) is 0 Å². The van der Waals surface area contributed by atoms with E-state index in [1.54, 1.807) is 6.92 Å². The maximum atomic E-state index is 13.2. The summed E-state index contributed by atoms with van der Waals surface area (Å²) in [5.74, 6) is -0.431. The number of aliphatic hydroxyl groups excluding tert-OH is 1. The molecule has 0 amide bonds. The highest BCUT2D eigenvalue weighted by Gasteiger charge is 2.75. The summed E-state index contributed by atoms with van der Waals surface area (Å²) in [6.07, 6.45) is 4.16. The minimum absolute atomic E-state index is 0.0114. The molecule has 5 nitrogen and oxygen atoms in total. The lowest BCUT2D eigenvalue weighted by molar-refractivity contribution is -0.203. The Morgan fingerprint density at radius 2 is 1.84 bits per heavy atom. The van der Waals surface area contributed by atoms with E-state index in [-0.39, 0.29) is 53.5 Å². The quantitative estimate of drug-likeness (QED) is 0.483. The van der Waals surface area contributed by atoms with Crippen molar-refractivity contribution in [1.82, 2.24) is 0 Å². The predicted octanol–water partition coefficient (Wildman–Crippen LogP) is 4.43. The molecule has 174 valence electrons. The van der Waals surface area contributed by atoms with Gasteiger partial charge in [0.15, 0.2) is 11.4 Å². The Bertz CT molecular complexity index is 801. The van der Waals surface area contributed by atoms with Crippen molar-refractivity contribution in [1.29, 1.82) is 0 Å². The van der Waals surface area contributed by atoms with Crippen molar-refractivity contribution < 1.29 is 24.2 Å². The number of alkyl halides is 2. The Morgan fingerprint density at radius 3 is 2.48 bits per heavy atom. The Morgan fingerprint density at radius 1 is 1.13 bits per heavy atom. The normalized spacial score (nSPS) is 49.0. The van der Waals surface area contributed by atoms with Gasteiger partial charge in [-0.05, 0) is 61.7 Å². The minimum Gasteiger partial charge on any atom is -0.450 e. The molecular formula is C24H34Cl2O5. The molecule has 31 heavy (non-hydrogen) atoms. The Labute approximate surface area is 194 Å². The largest absolute Gasteiger partial charge is 0.450 e. The second-order valence-electron chi connectivity index (χ2n) is 10.8. The van der Waals surface area contributed by atoms with Gasteiger partial charge in [0.2, 0.25) is 0 Å². The van der Waals surface area contributed by atoms with Crippen LogP contribution in [-0.4, -0.2) is 45.1 Å². The first-order valence-corrected chi connectivity index (χ1v) is 12.6. The predicted molar refractivity (Wildman–Crippen MR) is 118 cm³/mol. The molecule has 0 radical (unpaired) electrons. The highest BCUT2D eigenvalue weighted by molar-refractivity contribution is 6.29. The van der Waals surface area contributed by atoms with Crippen molar-refractivity contribution >= 4 is 40.7 Å². The summed E-state index contributed by atoms with van der Waals surface area (Å²) in [5.41, 5.74) is -2.38. The smallest absolute Gasteiger partial charge is 0.306 e. The van der Waals surface area contributed by atoms with E-state index in [0.29, 0.717) is 32.1 Å². The van der Waals surface area contributed by atoms with Crippen LogP contribution in [0.3, 0.4) is 0 Å². The molecule has 0 spiro atoms. The summed E-state index contributed by atoms with van der Waals surface area (Å²) in [4.78, 5) is 36.8. The van der Waals surface area contributed by atoms with Crippen LogP contribution in [0, 0.1) is 28.6 Å². The fourth-order valence-corrected chi connectivity index (χ4v) is 8.90. The third-order valence-corrected chi connectivity index (χ3v) is 11.0. The molecule has 4 rings (SSSR count). The van der Waals surface area contributed by atoms with Crippen LogP contribution in [0.4, 0.5) is 0 Å². The minimum atomic E-state index is -1.31. The number of esters is 1. The molecule has 8 atom stereocenters. The zero-order valence-corrected chi connectivity index (χ0v) is 20.2. The van der Waals surface area contributed by atoms with Gasteiger partial charge in [0.1, 0.15) is 5.78 Å². The average molecular weight is 473 g/mol. The molecule has 0 aliphatic heterocycles. The average Bonchev–Trinajstić information content (AvgIpc) is 3.01. The number of hydrogen-bond acceptors (Lipinski definition) is 5. The van der Waals surface area contributed by atoms with E-state index in [9.17, 15) is 19.5 Å². The van der Waals surface area contributed by atoms with Gasteiger partial charge in [-0.3, -0.25) is 14.4 Å². The molecule has 4 saturated carbocycles. The lowest BCUT2D eigenvalue weighted by atomic mass is 9.43. The van der Waals surface area contributed by atoms with Crippen molar-refractivity contribution in [2.24, 2.45) is 28.6 Å². The lowest BCUT2D eigenvalue weighted by Gasteiger charge is -2.66. The number of carbonyl (C=O) groups is 3. The van der Waals surface area contributed by atoms with E-state index in [1.807, 2.05) is 6.92 Å². The number of carbonyl (C=O) groups excluding carboxylic acids is 3. The molecule has 0 bridgehead atoms. The van der Waals surface area contributed by atoms with Crippen molar-refractivity contribution in [2.45, 2.75) is 95.1 Å². The van der Waals surface area contributed by atoms with Crippen molar-refractivity contribution in [3.63, 3.8) is 0 Å². The summed E-state index contributed by atoms with van der Waals surface area (Å²) in [6.45, 7) is 5.84. The maximum absolute atomic E-state index is 13.2. The van der Waals surface area contributed by atoms with Gasteiger partial charge >= 0.3 is 5.97 Å². The van der Waals surface area contributed by atoms with E-state index in [2.05, 4.69) is 6.92 Å². The van der Waals surface area contributed by atoms with Crippen LogP contribution < -0.4 is 0 Å². The van der Waals surface area contributed by atoms with Crippen LogP contribution in [0.1, 0.15) is 78.6 Å². The van der Waals surface area contributed by atoms with E-state index >= 15 is 0 Å². The van der Waals surface area contributed by atoms with E-state index in [0.717, 1.165) is 12.8 Å². The van der Waals surface area contributed by atoms with Crippen LogP contribution in [0.2, 0.25) is 0 Å². The van der Waals surface area contributed by atoms with Gasteiger partial charge in [0.25, 0.3) is 0 Å². The maximum Gasteiger partial charge on any atom is 0.306 e. The van der Waals surface area contributed by atoms with Gasteiger partial charge in [0.05, 0.1) is 16.9 Å². The van der Waals surface area contributed by atoms with Crippen LogP contribution in [0.25, 0.3) is 0 Å². The number of ketones is 2. The first-order valence-electron chi connectivity index (χ1n) is 11.7. The Hall–Kier alpha value is -0.650. The molecule has 0 unspecified atom stereocenters. The SMILES string of the molecule is CCC(=O)O[C@@]1(C(=O)CCl)CC[C@H]2[C@@H]3CC[C@@H]4CC(=O)CC[C@]4(C)[C@@]3(Cl)[C@@H](O)C[C@@]21C. The fourth-order valence-electron chi connectivity index (χ4n) is 8.10. The number of halogens is 2. The van der Waals surface area contributed by atoms with Crippen LogP contribution in [-0.2, 0) is 19.1 Å². The van der Waals surface area contributed by atoms with Crippen LogP contribution >= 0.6 is 23.2 Å². The third-order valence-electron chi connectivity index (χ3n) is 9.82. The number of ether oxygens (including phenoxy) is 1. The van der Waals surface area contributed by atoms with Crippen molar-refractivity contribution in [3.05, 3.63) is 0 Å². The van der Waals surface area contributed by atoms with Crippen molar-refractivity contribution in [3.8, 4) is 0 Å². The molecule has 0 aromatic heterocycles. The summed E-state index contributed by atoms with van der Waals surface area (Å²) >= 11 is 13.5. The molecule has 0 saturated heterocycles. The summed E-state index contributed by atoms with van der Waals surface area (Å²) in [7, 11) is 0. The van der Waals surface area contributed by atoms with Gasteiger partial charge in [-0.25, -0.2) is 0 Å². The summed E-state index contributed by atoms with van der Waals surface area (Å²) < 4.78 is 5.91.